The summed E-state index contributed by atoms with van der Waals surface area (Å²) >= 11 is 13.6. The number of hydrogen-bond donors (Lipinski definition) is 1. The van der Waals surface area contributed by atoms with Crippen LogP contribution in [0.15, 0.2) is 77.7 Å². The van der Waals surface area contributed by atoms with Crippen molar-refractivity contribution >= 4 is 46.6 Å². The fraction of sp³-hybridized carbons (Fsp3) is 0.0500. The van der Waals surface area contributed by atoms with Crippen LogP contribution in [-0.4, -0.2) is 5.91 Å². The third-order valence-electron chi connectivity index (χ3n) is 3.49. The second kappa shape index (κ2) is 8.43. The lowest BCUT2D eigenvalue weighted by atomic mass is 10.2. The van der Waals surface area contributed by atoms with Crippen LogP contribution in [0.2, 0.25) is 10.0 Å². The van der Waals surface area contributed by atoms with Crippen LogP contribution in [-0.2, 0) is 5.75 Å². The molecule has 0 radical (unpaired) electrons. The molecule has 0 aliphatic rings. The summed E-state index contributed by atoms with van der Waals surface area (Å²) in [6.45, 7) is 0. The maximum atomic E-state index is 12.7. The summed E-state index contributed by atoms with van der Waals surface area (Å²) in [6, 6.07) is 22.7. The molecule has 126 valence electrons. The minimum Gasteiger partial charge on any atom is -0.322 e. The zero-order chi connectivity index (χ0) is 17.6. The number of benzene rings is 3. The fourth-order valence-corrected chi connectivity index (χ4v) is 3.87. The average molecular weight is 388 g/mol. The molecule has 0 aliphatic heterocycles. The minimum atomic E-state index is -0.186. The normalized spacial score (nSPS) is 10.5. The van der Waals surface area contributed by atoms with E-state index in [0.717, 1.165) is 10.6 Å². The summed E-state index contributed by atoms with van der Waals surface area (Å²) in [7, 11) is 0. The summed E-state index contributed by atoms with van der Waals surface area (Å²) < 4.78 is 0. The third kappa shape index (κ3) is 5.02. The van der Waals surface area contributed by atoms with E-state index < -0.39 is 0 Å². The van der Waals surface area contributed by atoms with E-state index in [-0.39, 0.29) is 5.91 Å². The number of carbonyl (C=O) groups is 1. The molecule has 0 spiro atoms. The van der Waals surface area contributed by atoms with Crippen molar-refractivity contribution in [2.45, 2.75) is 10.6 Å². The molecule has 0 heterocycles. The number of carbonyl (C=O) groups excluding carboxylic acids is 1. The summed E-state index contributed by atoms with van der Waals surface area (Å²) in [5.74, 6) is 0.614. The Balaban J connectivity index is 1.76. The van der Waals surface area contributed by atoms with Gasteiger partial charge in [0.25, 0.3) is 5.91 Å². The van der Waals surface area contributed by atoms with Gasteiger partial charge >= 0.3 is 0 Å². The van der Waals surface area contributed by atoms with Crippen LogP contribution in [0.1, 0.15) is 15.9 Å². The molecule has 5 heteroatoms. The van der Waals surface area contributed by atoms with Gasteiger partial charge in [0, 0.05) is 26.4 Å². The van der Waals surface area contributed by atoms with Crippen molar-refractivity contribution in [1.82, 2.24) is 0 Å². The SMILES string of the molecule is O=C(Nc1cc(Cl)cc(Cl)c1)c1ccccc1SCc1ccccc1. The predicted molar refractivity (Wildman–Crippen MR) is 107 cm³/mol. The highest BCUT2D eigenvalue weighted by Gasteiger charge is 2.12. The van der Waals surface area contributed by atoms with E-state index in [9.17, 15) is 4.79 Å². The van der Waals surface area contributed by atoms with Gasteiger partial charge in [-0.15, -0.1) is 11.8 Å². The van der Waals surface area contributed by atoms with Gasteiger partial charge in [0.15, 0.2) is 0 Å². The fourth-order valence-electron chi connectivity index (χ4n) is 2.34. The molecule has 1 amide bonds. The lowest BCUT2D eigenvalue weighted by Gasteiger charge is -2.10. The van der Waals surface area contributed by atoms with E-state index in [1.165, 1.54) is 5.56 Å². The average Bonchev–Trinajstić information content (AvgIpc) is 2.60. The van der Waals surface area contributed by atoms with Crippen molar-refractivity contribution in [3.8, 4) is 0 Å². The molecular weight excluding hydrogens is 373 g/mol. The standard InChI is InChI=1S/C20H15Cl2NOS/c21-15-10-16(22)12-17(11-15)23-20(24)18-8-4-5-9-19(18)25-13-14-6-2-1-3-7-14/h1-12H,13H2,(H,23,24). The zero-order valence-corrected chi connectivity index (χ0v) is 15.5. The Morgan fingerprint density at radius 1 is 0.880 bits per heavy atom. The molecule has 0 unspecified atom stereocenters. The second-order valence-electron chi connectivity index (χ2n) is 5.38. The number of rotatable bonds is 5. The predicted octanol–water partition coefficient (Wildman–Crippen LogP) is 6.54. The lowest BCUT2D eigenvalue weighted by molar-refractivity contribution is 0.102. The first-order valence-corrected chi connectivity index (χ1v) is 9.39. The quantitative estimate of drug-likeness (QED) is 0.503. The van der Waals surface area contributed by atoms with Crippen LogP contribution in [0.5, 0.6) is 0 Å². The van der Waals surface area contributed by atoms with Crippen molar-refractivity contribution in [2.75, 3.05) is 5.32 Å². The molecule has 0 aliphatic carbocycles. The number of amides is 1. The lowest BCUT2D eigenvalue weighted by Crippen LogP contribution is -2.13. The Morgan fingerprint density at radius 3 is 2.24 bits per heavy atom. The van der Waals surface area contributed by atoms with Gasteiger partial charge in [0.05, 0.1) is 5.56 Å². The van der Waals surface area contributed by atoms with Gasteiger partial charge < -0.3 is 5.32 Å². The van der Waals surface area contributed by atoms with Crippen molar-refractivity contribution in [2.24, 2.45) is 0 Å². The van der Waals surface area contributed by atoms with Crippen LogP contribution >= 0.6 is 35.0 Å². The monoisotopic (exact) mass is 387 g/mol. The topological polar surface area (TPSA) is 29.1 Å². The highest BCUT2D eigenvalue weighted by molar-refractivity contribution is 7.98. The van der Waals surface area contributed by atoms with E-state index in [1.807, 2.05) is 42.5 Å². The van der Waals surface area contributed by atoms with Crippen LogP contribution in [0.3, 0.4) is 0 Å². The van der Waals surface area contributed by atoms with E-state index in [2.05, 4.69) is 17.4 Å². The van der Waals surface area contributed by atoms with Crippen LogP contribution in [0, 0.1) is 0 Å². The number of anilines is 1. The van der Waals surface area contributed by atoms with Crippen molar-refractivity contribution in [1.29, 1.82) is 0 Å². The number of hydrogen-bond acceptors (Lipinski definition) is 2. The molecule has 0 aromatic heterocycles. The maximum absolute atomic E-state index is 12.7. The first-order valence-electron chi connectivity index (χ1n) is 7.65. The molecule has 3 aromatic carbocycles. The summed E-state index contributed by atoms with van der Waals surface area (Å²) in [6.07, 6.45) is 0. The van der Waals surface area contributed by atoms with Gasteiger partial charge in [-0.25, -0.2) is 0 Å². The van der Waals surface area contributed by atoms with E-state index in [1.54, 1.807) is 30.0 Å². The Labute approximate surface area is 161 Å². The Morgan fingerprint density at radius 2 is 1.52 bits per heavy atom. The van der Waals surface area contributed by atoms with Gasteiger partial charge in [-0.2, -0.15) is 0 Å². The summed E-state index contributed by atoms with van der Waals surface area (Å²) in [5.41, 5.74) is 2.41. The number of halogens is 2. The van der Waals surface area contributed by atoms with Gasteiger partial charge in [0.2, 0.25) is 0 Å². The Hall–Kier alpha value is -1.94. The molecule has 2 nitrogen and oxygen atoms in total. The van der Waals surface area contributed by atoms with Crippen LogP contribution in [0.4, 0.5) is 5.69 Å². The minimum absolute atomic E-state index is 0.186. The highest BCUT2D eigenvalue weighted by atomic mass is 35.5. The molecule has 0 saturated carbocycles. The van der Waals surface area contributed by atoms with Gasteiger partial charge in [0.1, 0.15) is 0 Å². The molecule has 1 N–H and O–H groups in total. The summed E-state index contributed by atoms with van der Waals surface area (Å²) in [4.78, 5) is 13.6. The molecular formula is C20H15Cl2NOS. The first-order chi connectivity index (χ1) is 12.1. The molecule has 0 atom stereocenters. The largest absolute Gasteiger partial charge is 0.322 e. The van der Waals surface area contributed by atoms with Gasteiger partial charge in [-0.05, 0) is 35.9 Å². The number of nitrogens with one attached hydrogen (secondary N) is 1. The van der Waals surface area contributed by atoms with Gasteiger partial charge in [-0.3, -0.25) is 4.79 Å². The van der Waals surface area contributed by atoms with E-state index in [0.29, 0.717) is 21.3 Å². The molecule has 0 fully saturated rings. The smallest absolute Gasteiger partial charge is 0.256 e. The summed E-state index contributed by atoms with van der Waals surface area (Å²) in [5, 5.41) is 3.82. The Bertz CT molecular complexity index is 864. The Kier molecular flexibility index (Phi) is 6.03. The molecule has 0 saturated heterocycles. The molecule has 3 rings (SSSR count). The van der Waals surface area contributed by atoms with Crippen LogP contribution < -0.4 is 5.32 Å². The highest BCUT2D eigenvalue weighted by Crippen LogP contribution is 2.28. The number of thioether (sulfide) groups is 1. The first kappa shape index (κ1) is 17.9. The molecule has 25 heavy (non-hydrogen) atoms. The van der Waals surface area contributed by atoms with E-state index >= 15 is 0 Å². The second-order valence-corrected chi connectivity index (χ2v) is 7.27. The third-order valence-corrected chi connectivity index (χ3v) is 5.07. The van der Waals surface area contributed by atoms with E-state index in [4.69, 9.17) is 23.2 Å². The molecule has 0 bridgehead atoms. The van der Waals surface area contributed by atoms with Crippen molar-refractivity contribution in [3.05, 3.63) is 94.0 Å². The van der Waals surface area contributed by atoms with Crippen molar-refractivity contribution in [3.63, 3.8) is 0 Å². The van der Waals surface area contributed by atoms with Crippen LogP contribution in [0.25, 0.3) is 0 Å². The maximum Gasteiger partial charge on any atom is 0.256 e. The molecule has 3 aromatic rings. The zero-order valence-electron chi connectivity index (χ0n) is 13.2. The van der Waals surface area contributed by atoms with Gasteiger partial charge in [-0.1, -0.05) is 65.7 Å². The van der Waals surface area contributed by atoms with Crippen molar-refractivity contribution < 1.29 is 4.79 Å².